The fourth-order valence-electron chi connectivity index (χ4n) is 1.73. The van der Waals surface area contributed by atoms with Crippen molar-refractivity contribution in [2.45, 2.75) is 26.6 Å². The maximum absolute atomic E-state index is 10.9. The van der Waals surface area contributed by atoms with E-state index in [1.165, 1.54) is 13.8 Å². The molecule has 0 atom stereocenters. The van der Waals surface area contributed by atoms with Crippen molar-refractivity contribution in [2.75, 3.05) is 27.4 Å². The number of hydrogen-bond acceptors (Lipinski definition) is 7. The van der Waals surface area contributed by atoms with Crippen LogP contribution in [0.4, 0.5) is 0 Å². The third kappa shape index (κ3) is 7.51. The lowest BCUT2D eigenvalue weighted by Crippen LogP contribution is -2.27. The number of hydrogen-bond donors (Lipinski definition) is 0. The molecule has 0 N–H and O–H groups in total. The molecule has 0 radical (unpaired) electrons. The standard InChI is InChI=1S/C16H22O7/c1-11(17)21-9-16(10-22-12(2)18)23-8-13-5-14(19-3)7-15(6-13)20-4/h5-7,16H,8-10H2,1-4H3. The Morgan fingerprint density at radius 3 is 1.78 bits per heavy atom. The molecule has 0 saturated carbocycles. The molecule has 1 aromatic carbocycles. The maximum Gasteiger partial charge on any atom is 0.302 e. The number of esters is 2. The van der Waals surface area contributed by atoms with E-state index in [-0.39, 0.29) is 19.8 Å². The minimum Gasteiger partial charge on any atom is -0.497 e. The van der Waals surface area contributed by atoms with E-state index < -0.39 is 18.0 Å². The van der Waals surface area contributed by atoms with Crippen molar-refractivity contribution in [3.05, 3.63) is 23.8 Å². The molecule has 0 aliphatic rings. The van der Waals surface area contributed by atoms with Crippen LogP contribution in [0.2, 0.25) is 0 Å². The van der Waals surface area contributed by atoms with Crippen molar-refractivity contribution >= 4 is 11.9 Å². The van der Waals surface area contributed by atoms with Gasteiger partial charge in [0.25, 0.3) is 0 Å². The van der Waals surface area contributed by atoms with Gasteiger partial charge in [0.2, 0.25) is 0 Å². The summed E-state index contributed by atoms with van der Waals surface area (Å²) in [4.78, 5) is 21.8. The lowest BCUT2D eigenvalue weighted by atomic mass is 10.2. The van der Waals surface area contributed by atoms with Crippen LogP contribution in [-0.4, -0.2) is 45.5 Å². The van der Waals surface area contributed by atoms with Crippen molar-refractivity contribution in [1.82, 2.24) is 0 Å². The van der Waals surface area contributed by atoms with Gasteiger partial charge in [0.1, 0.15) is 30.8 Å². The first-order valence-electron chi connectivity index (χ1n) is 7.05. The minimum atomic E-state index is -0.556. The van der Waals surface area contributed by atoms with E-state index in [4.69, 9.17) is 23.7 Å². The van der Waals surface area contributed by atoms with Crippen LogP contribution < -0.4 is 9.47 Å². The molecule has 0 saturated heterocycles. The van der Waals surface area contributed by atoms with Crippen LogP contribution in [0, 0.1) is 0 Å². The van der Waals surface area contributed by atoms with E-state index in [1.54, 1.807) is 32.4 Å². The van der Waals surface area contributed by atoms with Crippen molar-refractivity contribution in [1.29, 1.82) is 0 Å². The van der Waals surface area contributed by atoms with Gasteiger partial charge in [0.05, 0.1) is 20.8 Å². The lowest BCUT2D eigenvalue weighted by molar-refractivity contribution is -0.153. The molecular formula is C16H22O7. The van der Waals surface area contributed by atoms with Crippen LogP contribution >= 0.6 is 0 Å². The van der Waals surface area contributed by atoms with E-state index in [9.17, 15) is 9.59 Å². The second-order valence-corrected chi connectivity index (χ2v) is 4.76. The van der Waals surface area contributed by atoms with E-state index >= 15 is 0 Å². The molecule has 1 rings (SSSR count). The number of rotatable bonds is 9. The van der Waals surface area contributed by atoms with Crippen LogP contribution in [0.15, 0.2) is 18.2 Å². The van der Waals surface area contributed by atoms with Crippen LogP contribution in [0.25, 0.3) is 0 Å². The highest BCUT2D eigenvalue weighted by molar-refractivity contribution is 5.66. The highest BCUT2D eigenvalue weighted by Gasteiger charge is 2.14. The van der Waals surface area contributed by atoms with Gasteiger partial charge in [-0.25, -0.2) is 0 Å². The Hall–Kier alpha value is -2.28. The molecule has 0 aliphatic heterocycles. The number of ether oxygens (including phenoxy) is 5. The molecule has 0 bridgehead atoms. The van der Waals surface area contributed by atoms with Crippen LogP contribution in [0.3, 0.4) is 0 Å². The first-order chi connectivity index (χ1) is 10.9. The molecule has 7 nitrogen and oxygen atoms in total. The molecule has 23 heavy (non-hydrogen) atoms. The second-order valence-electron chi connectivity index (χ2n) is 4.76. The normalized spacial score (nSPS) is 10.3. The summed E-state index contributed by atoms with van der Waals surface area (Å²) in [5.74, 6) is 0.424. The van der Waals surface area contributed by atoms with Gasteiger partial charge in [0, 0.05) is 19.9 Å². The zero-order valence-corrected chi connectivity index (χ0v) is 13.8. The molecule has 0 spiro atoms. The molecule has 0 amide bonds. The topological polar surface area (TPSA) is 80.3 Å². The number of carbonyl (C=O) groups is 2. The van der Waals surface area contributed by atoms with Crippen molar-refractivity contribution in [3.8, 4) is 11.5 Å². The van der Waals surface area contributed by atoms with Crippen LogP contribution in [-0.2, 0) is 30.4 Å². The zero-order valence-electron chi connectivity index (χ0n) is 13.8. The Labute approximate surface area is 135 Å². The average molecular weight is 326 g/mol. The Morgan fingerprint density at radius 2 is 1.39 bits per heavy atom. The molecule has 0 unspecified atom stereocenters. The van der Waals surface area contributed by atoms with E-state index in [2.05, 4.69) is 0 Å². The Balaban J connectivity index is 2.67. The van der Waals surface area contributed by atoms with Gasteiger partial charge in [-0.2, -0.15) is 0 Å². The van der Waals surface area contributed by atoms with Gasteiger partial charge in [-0.15, -0.1) is 0 Å². The second kappa shape index (κ2) is 9.68. The average Bonchev–Trinajstić information content (AvgIpc) is 2.53. The van der Waals surface area contributed by atoms with E-state index in [1.807, 2.05) is 0 Å². The molecule has 0 aromatic heterocycles. The summed E-state index contributed by atoms with van der Waals surface area (Å²) in [7, 11) is 3.12. The summed E-state index contributed by atoms with van der Waals surface area (Å²) in [6, 6.07) is 5.35. The van der Waals surface area contributed by atoms with E-state index in [0.717, 1.165) is 5.56 Å². The highest BCUT2D eigenvalue weighted by atomic mass is 16.6. The minimum absolute atomic E-state index is 0.00369. The summed E-state index contributed by atoms with van der Waals surface area (Å²) < 4.78 is 25.9. The largest absolute Gasteiger partial charge is 0.497 e. The Kier molecular flexibility index (Phi) is 7.90. The molecule has 128 valence electrons. The van der Waals surface area contributed by atoms with Gasteiger partial charge in [0.15, 0.2) is 0 Å². The SMILES string of the molecule is COc1cc(COC(COC(C)=O)COC(C)=O)cc(OC)c1. The summed E-state index contributed by atoms with van der Waals surface area (Å²) in [5.41, 5.74) is 0.817. The lowest BCUT2D eigenvalue weighted by Gasteiger charge is -2.18. The number of benzene rings is 1. The molecule has 7 heteroatoms. The molecule has 0 aliphatic carbocycles. The number of methoxy groups -OCH3 is 2. The fourth-order valence-corrected chi connectivity index (χ4v) is 1.73. The van der Waals surface area contributed by atoms with Crippen molar-refractivity contribution in [2.24, 2.45) is 0 Å². The van der Waals surface area contributed by atoms with Crippen molar-refractivity contribution in [3.63, 3.8) is 0 Å². The Bertz CT molecular complexity index is 487. The molecular weight excluding hydrogens is 304 g/mol. The van der Waals surface area contributed by atoms with Gasteiger partial charge in [-0.1, -0.05) is 0 Å². The van der Waals surface area contributed by atoms with Gasteiger partial charge < -0.3 is 23.7 Å². The monoisotopic (exact) mass is 326 g/mol. The first kappa shape index (κ1) is 18.8. The summed E-state index contributed by atoms with van der Waals surface area (Å²) >= 11 is 0. The molecule has 0 fully saturated rings. The quantitative estimate of drug-likeness (QED) is 0.639. The fraction of sp³-hybridized carbons (Fsp3) is 0.500. The Morgan fingerprint density at radius 1 is 0.913 bits per heavy atom. The third-order valence-corrected chi connectivity index (χ3v) is 2.84. The highest BCUT2D eigenvalue weighted by Crippen LogP contribution is 2.23. The van der Waals surface area contributed by atoms with Crippen LogP contribution in [0.1, 0.15) is 19.4 Å². The van der Waals surface area contributed by atoms with Gasteiger partial charge in [-0.05, 0) is 17.7 Å². The summed E-state index contributed by atoms with van der Waals surface area (Å²) in [6.07, 6.45) is -0.556. The van der Waals surface area contributed by atoms with Gasteiger partial charge >= 0.3 is 11.9 Å². The zero-order chi connectivity index (χ0) is 17.2. The van der Waals surface area contributed by atoms with Crippen LogP contribution in [0.5, 0.6) is 11.5 Å². The predicted octanol–water partition coefficient (Wildman–Crippen LogP) is 1.72. The summed E-state index contributed by atoms with van der Waals surface area (Å²) in [5, 5.41) is 0. The predicted molar refractivity (Wildman–Crippen MR) is 81.4 cm³/mol. The number of carbonyl (C=O) groups excluding carboxylic acids is 2. The summed E-state index contributed by atoms with van der Waals surface area (Å²) in [6.45, 7) is 2.83. The smallest absolute Gasteiger partial charge is 0.302 e. The first-order valence-corrected chi connectivity index (χ1v) is 7.05. The van der Waals surface area contributed by atoms with Crippen molar-refractivity contribution < 1.29 is 33.3 Å². The van der Waals surface area contributed by atoms with Gasteiger partial charge in [-0.3, -0.25) is 9.59 Å². The third-order valence-electron chi connectivity index (χ3n) is 2.84. The van der Waals surface area contributed by atoms with E-state index in [0.29, 0.717) is 11.5 Å². The molecule has 0 heterocycles. The maximum atomic E-state index is 10.9. The molecule has 1 aromatic rings.